The van der Waals surface area contributed by atoms with E-state index in [2.05, 4.69) is 0 Å². The molecule has 11 heteroatoms. The second-order valence-electron chi connectivity index (χ2n) is 2.66. The average Bonchev–Trinajstić information content (AvgIpc) is 2.27. The molecule has 0 saturated carbocycles. The van der Waals surface area contributed by atoms with E-state index in [-0.39, 0.29) is 5.88 Å². The Hall–Kier alpha value is -1.91. The fourth-order valence-corrected chi connectivity index (χ4v) is 0. The predicted octanol–water partition coefficient (Wildman–Crippen LogP) is -0.514. The molecule has 10 nitrogen and oxygen atoms in total. The van der Waals surface area contributed by atoms with E-state index in [1.54, 1.807) is 0 Å². The topological polar surface area (TPSA) is 201 Å². The van der Waals surface area contributed by atoms with Crippen LogP contribution in [0.15, 0.2) is 0 Å². The highest BCUT2D eigenvalue weighted by Crippen LogP contribution is 1.67. The van der Waals surface area contributed by atoms with Gasteiger partial charge in [0, 0.05) is 33.9 Å². The Morgan fingerprint density at radius 3 is 0.857 bits per heavy atom. The molecule has 0 aromatic heterocycles. The maximum absolute atomic E-state index is 9.24. The second-order valence-corrected chi connectivity index (χ2v) is 2.93. The highest BCUT2D eigenvalue weighted by molar-refractivity contribution is 6.26. The fourth-order valence-electron chi connectivity index (χ4n) is 0. The second kappa shape index (κ2) is 30.8. The number of halogens is 1. The van der Waals surface area contributed by atoms with Crippen molar-refractivity contribution in [2.24, 2.45) is 11.5 Å². The summed E-state index contributed by atoms with van der Waals surface area (Å²) in [6.07, 6.45) is 0. The monoisotopic (exact) mass is 334 g/mol. The molecule has 0 bridgehead atoms. The molecule has 0 atom stereocenters. The minimum atomic E-state index is -0.980. The number of rotatable bonds is 2. The van der Waals surface area contributed by atoms with Crippen LogP contribution in [0.5, 0.6) is 0 Å². The smallest absolute Gasteiger partial charge is 0.318 e. The summed E-state index contributed by atoms with van der Waals surface area (Å²) in [5, 5.41) is 29.8. The van der Waals surface area contributed by atoms with Crippen LogP contribution in [0.25, 0.3) is 0 Å². The lowest BCUT2D eigenvalue weighted by Gasteiger charge is -1.72. The van der Waals surface area contributed by atoms with Gasteiger partial charge in [0.1, 0.15) is 5.88 Å². The van der Waals surface area contributed by atoms with Crippen LogP contribution in [-0.2, 0) is 19.2 Å². The summed E-state index contributed by atoms with van der Waals surface area (Å²) in [7, 11) is 0. The molecule has 0 radical (unpaired) electrons. The Balaban J connectivity index is -0.0000000510. The van der Waals surface area contributed by atoms with E-state index in [1.807, 2.05) is 0 Å². The van der Waals surface area contributed by atoms with Gasteiger partial charge < -0.3 is 31.9 Å². The minimum absolute atomic E-state index is 0.306. The van der Waals surface area contributed by atoms with Crippen LogP contribution >= 0.6 is 11.6 Å². The van der Waals surface area contributed by atoms with Gasteiger partial charge in [-0.25, -0.2) is 0 Å². The third-order valence-corrected chi connectivity index (χ3v) is 0.510. The Bertz CT molecular complexity index is 231. The third-order valence-electron chi connectivity index (χ3n) is 0.281. The van der Waals surface area contributed by atoms with E-state index in [0.717, 1.165) is 20.8 Å². The third kappa shape index (κ3) is 3940. The molecule has 0 rings (SSSR count). The van der Waals surface area contributed by atoms with Gasteiger partial charge in [-0.15, -0.1) is 11.6 Å². The van der Waals surface area contributed by atoms with Crippen molar-refractivity contribution in [3.05, 3.63) is 0 Å². The average molecular weight is 335 g/mol. The lowest BCUT2D eigenvalue weighted by molar-refractivity contribution is -0.135. The zero-order valence-corrected chi connectivity index (χ0v) is 12.8. The van der Waals surface area contributed by atoms with Crippen molar-refractivity contribution in [3.8, 4) is 0 Å². The summed E-state index contributed by atoms with van der Waals surface area (Å²) in [6, 6.07) is 0. The molecule has 0 aliphatic carbocycles. The first-order valence-electron chi connectivity index (χ1n) is 5.15. The van der Waals surface area contributed by atoms with Gasteiger partial charge in [-0.3, -0.25) is 19.2 Å². The summed E-state index contributed by atoms with van der Waals surface area (Å²) in [5.41, 5.74) is 9.81. The van der Waals surface area contributed by atoms with Crippen LogP contribution < -0.4 is 11.5 Å². The predicted molar refractivity (Wildman–Crippen MR) is 76.4 cm³/mol. The van der Waals surface area contributed by atoms with E-state index in [1.165, 1.54) is 0 Å². The number of carboxylic acids is 4. The molecule has 0 unspecified atom stereocenters. The van der Waals surface area contributed by atoms with E-state index in [9.17, 15) is 4.79 Å². The Kier molecular flexibility index (Phi) is 46.2. The van der Waals surface area contributed by atoms with Crippen LogP contribution in [0.1, 0.15) is 20.8 Å². The highest BCUT2D eigenvalue weighted by Gasteiger charge is 1.83. The molecule has 0 amide bonds. The zero-order chi connectivity index (χ0) is 18.4. The summed E-state index contributed by atoms with van der Waals surface area (Å²) in [6.45, 7) is 4.44. The number of alkyl halides is 1. The number of nitrogens with two attached hydrogens (primary N) is 2. The van der Waals surface area contributed by atoms with Crippen molar-refractivity contribution in [2.75, 3.05) is 19.0 Å². The molecule has 128 valence electrons. The lowest BCUT2D eigenvalue weighted by atomic mass is 10.7. The summed E-state index contributed by atoms with van der Waals surface area (Å²) < 4.78 is 0. The number of hydrogen-bond donors (Lipinski definition) is 6. The largest absolute Gasteiger partial charge is 0.481 e. The zero-order valence-electron chi connectivity index (χ0n) is 12.1. The SMILES string of the molecule is CC(=O)O.CC(=O)O.CC(=O)O.NCCN.O=C(O)CCl. The molecular formula is C10H23ClN2O8. The molecule has 0 aromatic rings. The molecular weight excluding hydrogens is 312 g/mol. The molecule has 8 N–H and O–H groups in total. The van der Waals surface area contributed by atoms with E-state index >= 15 is 0 Å². The molecule has 0 heterocycles. The summed E-state index contributed by atoms with van der Waals surface area (Å²) >= 11 is 4.74. The molecule has 0 aliphatic rings. The maximum Gasteiger partial charge on any atom is 0.318 e. The van der Waals surface area contributed by atoms with Crippen molar-refractivity contribution in [3.63, 3.8) is 0 Å². The lowest BCUT2D eigenvalue weighted by Crippen LogP contribution is -2.11. The number of aliphatic carboxylic acids is 4. The van der Waals surface area contributed by atoms with Crippen LogP contribution in [-0.4, -0.2) is 63.3 Å². The van der Waals surface area contributed by atoms with Crippen molar-refractivity contribution in [1.82, 2.24) is 0 Å². The number of hydrogen-bond acceptors (Lipinski definition) is 6. The first-order chi connectivity index (χ1) is 9.38. The van der Waals surface area contributed by atoms with Crippen LogP contribution in [0.3, 0.4) is 0 Å². The van der Waals surface area contributed by atoms with E-state index in [0.29, 0.717) is 13.1 Å². The summed E-state index contributed by atoms with van der Waals surface area (Å²) in [5.74, 6) is -3.79. The number of carbonyl (C=O) groups is 4. The van der Waals surface area contributed by atoms with Gasteiger partial charge in [0.25, 0.3) is 17.9 Å². The van der Waals surface area contributed by atoms with E-state index < -0.39 is 23.9 Å². The highest BCUT2D eigenvalue weighted by atomic mass is 35.5. The molecule has 0 aromatic carbocycles. The van der Waals surface area contributed by atoms with Gasteiger partial charge >= 0.3 is 5.97 Å². The van der Waals surface area contributed by atoms with Gasteiger partial charge in [0.15, 0.2) is 0 Å². The quantitative estimate of drug-likeness (QED) is 0.357. The molecule has 0 fully saturated rings. The van der Waals surface area contributed by atoms with Gasteiger partial charge in [0.2, 0.25) is 0 Å². The number of carboxylic acid groups (broad SMARTS) is 4. The van der Waals surface area contributed by atoms with Crippen molar-refractivity contribution in [1.29, 1.82) is 0 Å². The van der Waals surface area contributed by atoms with E-state index in [4.69, 9.17) is 57.9 Å². The van der Waals surface area contributed by atoms with Gasteiger partial charge in [-0.2, -0.15) is 0 Å². The first-order valence-corrected chi connectivity index (χ1v) is 5.68. The van der Waals surface area contributed by atoms with Crippen molar-refractivity contribution >= 4 is 35.5 Å². The molecule has 0 saturated heterocycles. The van der Waals surface area contributed by atoms with Crippen molar-refractivity contribution < 1.29 is 39.6 Å². The fraction of sp³-hybridized carbons (Fsp3) is 0.600. The molecule has 21 heavy (non-hydrogen) atoms. The van der Waals surface area contributed by atoms with Crippen LogP contribution in [0, 0.1) is 0 Å². The first kappa shape index (κ1) is 31.5. The van der Waals surface area contributed by atoms with Crippen LogP contribution in [0.4, 0.5) is 0 Å². The standard InChI is InChI=1S/C2H3ClO2.C2H8N2.3C2H4O2/c3-1-2(4)5;3-1-2-4;3*1-2(3)4/h1H2,(H,4,5);1-4H2;3*1H3,(H,3,4). The Morgan fingerprint density at radius 1 is 0.762 bits per heavy atom. The normalized spacial score (nSPS) is 6.76. The molecule has 0 spiro atoms. The summed E-state index contributed by atoms with van der Waals surface area (Å²) in [4.78, 5) is 36.2. The van der Waals surface area contributed by atoms with Crippen LogP contribution in [0.2, 0.25) is 0 Å². The van der Waals surface area contributed by atoms with Crippen molar-refractivity contribution in [2.45, 2.75) is 20.8 Å². The van der Waals surface area contributed by atoms with Gasteiger partial charge in [-0.05, 0) is 0 Å². The Morgan fingerprint density at radius 2 is 0.857 bits per heavy atom. The molecule has 0 aliphatic heterocycles. The van der Waals surface area contributed by atoms with Gasteiger partial charge in [0.05, 0.1) is 0 Å². The minimum Gasteiger partial charge on any atom is -0.481 e. The maximum atomic E-state index is 9.24. The Labute approximate surface area is 127 Å². The van der Waals surface area contributed by atoms with Gasteiger partial charge in [-0.1, -0.05) is 0 Å².